The lowest BCUT2D eigenvalue weighted by Crippen LogP contribution is -2.07. The molecule has 1 rings (SSSR count). The third-order valence-electron chi connectivity index (χ3n) is 2.23. The maximum Gasteiger partial charge on any atom is 0.126 e. The molecule has 2 N–H and O–H groups in total. The van der Waals surface area contributed by atoms with Gasteiger partial charge in [-0.15, -0.1) is 0 Å². The Morgan fingerprint density at radius 3 is 2.81 bits per heavy atom. The summed E-state index contributed by atoms with van der Waals surface area (Å²) in [5.41, 5.74) is 6.71. The fraction of sp³-hybridized carbons (Fsp3) is 0.500. The van der Waals surface area contributed by atoms with E-state index in [9.17, 15) is 0 Å². The molecule has 1 aromatic carbocycles. The van der Waals surface area contributed by atoms with Crippen LogP contribution in [0.3, 0.4) is 0 Å². The van der Waals surface area contributed by atoms with Gasteiger partial charge >= 0.3 is 0 Å². The topological polar surface area (TPSA) is 44.5 Å². The van der Waals surface area contributed by atoms with Crippen LogP contribution >= 0.6 is 11.8 Å². The average molecular weight is 241 g/mol. The highest BCUT2D eigenvalue weighted by atomic mass is 32.2. The average Bonchev–Trinajstić information content (AvgIpc) is 2.31. The van der Waals surface area contributed by atoms with Crippen LogP contribution in [0.5, 0.6) is 11.5 Å². The molecule has 0 unspecified atom stereocenters. The van der Waals surface area contributed by atoms with E-state index in [0.717, 1.165) is 29.2 Å². The van der Waals surface area contributed by atoms with E-state index in [1.54, 1.807) is 18.9 Å². The standard InChI is InChI=1S/C12H19NO2S/c1-14-11-4-3-10(5-6-13)12(9-11)15-7-8-16-2/h3-4,9H,5-8,13H2,1-2H3. The normalized spacial score (nSPS) is 10.2. The van der Waals surface area contributed by atoms with Crippen LogP contribution < -0.4 is 15.2 Å². The third kappa shape index (κ3) is 3.94. The molecule has 16 heavy (non-hydrogen) atoms. The summed E-state index contributed by atoms with van der Waals surface area (Å²) in [4.78, 5) is 0. The molecule has 0 amide bonds. The van der Waals surface area contributed by atoms with Crippen LogP contribution in [0.25, 0.3) is 0 Å². The molecule has 4 heteroatoms. The van der Waals surface area contributed by atoms with E-state index in [1.807, 2.05) is 18.2 Å². The fourth-order valence-electron chi connectivity index (χ4n) is 1.39. The Kier molecular flexibility index (Phi) is 6.11. The molecule has 0 saturated heterocycles. The Balaban J connectivity index is 2.74. The number of thioether (sulfide) groups is 1. The minimum atomic E-state index is 0.630. The molecule has 0 heterocycles. The van der Waals surface area contributed by atoms with Gasteiger partial charge in [0, 0.05) is 11.8 Å². The zero-order chi connectivity index (χ0) is 11.8. The largest absolute Gasteiger partial charge is 0.497 e. The van der Waals surface area contributed by atoms with E-state index in [4.69, 9.17) is 15.2 Å². The summed E-state index contributed by atoms with van der Waals surface area (Å²) in [7, 11) is 1.66. The molecule has 0 atom stereocenters. The lowest BCUT2D eigenvalue weighted by molar-refractivity contribution is 0.336. The summed E-state index contributed by atoms with van der Waals surface area (Å²) in [5, 5.41) is 0. The smallest absolute Gasteiger partial charge is 0.126 e. The Bertz CT molecular complexity index is 318. The van der Waals surface area contributed by atoms with Crippen molar-refractivity contribution in [2.45, 2.75) is 6.42 Å². The lowest BCUT2D eigenvalue weighted by atomic mass is 10.1. The van der Waals surface area contributed by atoms with Gasteiger partial charge in [0.2, 0.25) is 0 Å². The first kappa shape index (κ1) is 13.2. The van der Waals surface area contributed by atoms with E-state index in [2.05, 4.69) is 6.26 Å². The zero-order valence-corrected chi connectivity index (χ0v) is 10.7. The number of ether oxygens (including phenoxy) is 2. The van der Waals surface area contributed by atoms with Gasteiger partial charge in [0.05, 0.1) is 13.7 Å². The number of benzene rings is 1. The van der Waals surface area contributed by atoms with Crippen LogP contribution in [-0.2, 0) is 6.42 Å². The van der Waals surface area contributed by atoms with Crippen molar-refractivity contribution in [3.63, 3.8) is 0 Å². The van der Waals surface area contributed by atoms with Crippen molar-refractivity contribution in [3.8, 4) is 11.5 Å². The molecular weight excluding hydrogens is 222 g/mol. The van der Waals surface area contributed by atoms with E-state index in [-0.39, 0.29) is 0 Å². The maximum atomic E-state index is 5.72. The number of methoxy groups -OCH3 is 1. The van der Waals surface area contributed by atoms with E-state index < -0.39 is 0 Å². The molecule has 1 aromatic rings. The van der Waals surface area contributed by atoms with Crippen LogP contribution in [0.15, 0.2) is 18.2 Å². The van der Waals surface area contributed by atoms with Gasteiger partial charge in [-0.05, 0) is 30.9 Å². The number of nitrogens with two attached hydrogens (primary N) is 1. The molecule has 0 aliphatic rings. The summed E-state index contributed by atoms with van der Waals surface area (Å²) in [6.45, 7) is 1.34. The van der Waals surface area contributed by atoms with Crippen molar-refractivity contribution in [2.24, 2.45) is 5.73 Å². The predicted molar refractivity (Wildman–Crippen MR) is 69.6 cm³/mol. The van der Waals surface area contributed by atoms with Gasteiger partial charge < -0.3 is 15.2 Å². The van der Waals surface area contributed by atoms with Crippen LogP contribution in [0.2, 0.25) is 0 Å². The minimum Gasteiger partial charge on any atom is -0.497 e. The van der Waals surface area contributed by atoms with Crippen molar-refractivity contribution < 1.29 is 9.47 Å². The van der Waals surface area contributed by atoms with Gasteiger partial charge in [-0.1, -0.05) is 6.07 Å². The summed E-state index contributed by atoms with van der Waals surface area (Å²) in [6.07, 6.45) is 2.90. The molecule has 0 spiro atoms. The quantitative estimate of drug-likeness (QED) is 0.741. The van der Waals surface area contributed by atoms with Crippen molar-refractivity contribution in [2.75, 3.05) is 32.3 Å². The predicted octanol–water partition coefficient (Wildman–Crippen LogP) is 1.94. The molecule has 0 fully saturated rings. The molecule has 0 saturated carbocycles. The minimum absolute atomic E-state index is 0.630. The van der Waals surface area contributed by atoms with Gasteiger partial charge in [-0.25, -0.2) is 0 Å². The van der Waals surface area contributed by atoms with Gasteiger partial charge in [0.1, 0.15) is 11.5 Å². The first-order chi connectivity index (χ1) is 7.81. The molecule has 3 nitrogen and oxygen atoms in total. The summed E-state index contributed by atoms with van der Waals surface area (Å²) in [5.74, 6) is 2.69. The maximum absolute atomic E-state index is 5.72. The first-order valence-corrected chi connectivity index (χ1v) is 6.70. The second-order valence-corrected chi connectivity index (χ2v) is 4.34. The van der Waals surface area contributed by atoms with Crippen molar-refractivity contribution in [3.05, 3.63) is 23.8 Å². The fourth-order valence-corrected chi connectivity index (χ4v) is 1.64. The van der Waals surface area contributed by atoms with Gasteiger partial charge in [0.25, 0.3) is 0 Å². The molecule has 0 aliphatic carbocycles. The molecule has 90 valence electrons. The number of rotatable bonds is 7. The Labute approximate surface area is 101 Å². The Morgan fingerprint density at radius 2 is 2.19 bits per heavy atom. The monoisotopic (exact) mass is 241 g/mol. The third-order valence-corrected chi connectivity index (χ3v) is 2.81. The summed E-state index contributed by atoms with van der Waals surface area (Å²) >= 11 is 1.77. The van der Waals surface area contributed by atoms with Gasteiger partial charge in [0.15, 0.2) is 0 Å². The Morgan fingerprint density at radius 1 is 1.38 bits per heavy atom. The van der Waals surface area contributed by atoms with E-state index in [1.165, 1.54) is 0 Å². The summed E-state index contributed by atoms with van der Waals surface area (Å²) < 4.78 is 10.9. The van der Waals surface area contributed by atoms with Crippen LogP contribution in [0, 0.1) is 0 Å². The second-order valence-electron chi connectivity index (χ2n) is 3.35. The van der Waals surface area contributed by atoms with Crippen molar-refractivity contribution >= 4 is 11.8 Å². The van der Waals surface area contributed by atoms with Crippen LogP contribution in [-0.4, -0.2) is 32.3 Å². The molecule has 0 radical (unpaired) electrons. The van der Waals surface area contributed by atoms with E-state index >= 15 is 0 Å². The molecule has 0 bridgehead atoms. The van der Waals surface area contributed by atoms with Gasteiger partial charge in [-0.3, -0.25) is 0 Å². The molecule has 0 aromatic heterocycles. The highest BCUT2D eigenvalue weighted by molar-refractivity contribution is 7.98. The van der Waals surface area contributed by atoms with E-state index in [0.29, 0.717) is 13.2 Å². The highest BCUT2D eigenvalue weighted by Crippen LogP contribution is 2.25. The first-order valence-electron chi connectivity index (χ1n) is 5.30. The lowest BCUT2D eigenvalue weighted by Gasteiger charge is -2.12. The molecular formula is C12H19NO2S. The number of hydrogen-bond acceptors (Lipinski definition) is 4. The van der Waals surface area contributed by atoms with Crippen LogP contribution in [0.4, 0.5) is 0 Å². The van der Waals surface area contributed by atoms with Crippen LogP contribution in [0.1, 0.15) is 5.56 Å². The second kappa shape index (κ2) is 7.41. The zero-order valence-electron chi connectivity index (χ0n) is 9.86. The van der Waals surface area contributed by atoms with Crippen molar-refractivity contribution in [1.82, 2.24) is 0 Å². The molecule has 0 aliphatic heterocycles. The SMILES string of the molecule is COc1ccc(CCN)c(OCCSC)c1. The van der Waals surface area contributed by atoms with Crippen molar-refractivity contribution in [1.29, 1.82) is 0 Å². The highest BCUT2D eigenvalue weighted by Gasteiger charge is 2.05. The Hall–Kier alpha value is -0.870. The van der Waals surface area contributed by atoms with Gasteiger partial charge in [-0.2, -0.15) is 11.8 Å². The number of hydrogen-bond donors (Lipinski definition) is 1. The summed E-state index contributed by atoms with van der Waals surface area (Å²) in [6, 6.07) is 5.87.